The van der Waals surface area contributed by atoms with Crippen LogP contribution in [0.1, 0.15) is 25.2 Å². The van der Waals surface area contributed by atoms with E-state index in [1.54, 1.807) is 6.92 Å². The zero-order chi connectivity index (χ0) is 18.7. The van der Waals surface area contributed by atoms with E-state index in [1.165, 1.54) is 46.7 Å². The summed E-state index contributed by atoms with van der Waals surface area (Å²) in [5, 5.41) is 14.9. The molecule has 0 bridgehead atoms. The lowest BCUT2D eigenvalue weighted by Crippen LogP contribution is -2.41. The van der Waals surface area contributed by atoms with Crippen molar-refractivity contribution in [2.75, 3.05) is 0 Å². The minimum atomic E-state index is -1.66. The summed E-state index contributed by atoms with van der Waals surface area (Å²) < 4.78 is 34.1. The zero-order valence-electron chi connectivity index (χ0n) is 14.1. The molecule has 2 heterocycles. The van der Waals surface area contributed by atoms with Gasteiger partial charge in [0.15, 0.2) is 4.34 Å². The first-order valence-corrected chi connectivity index (χ1v) is 9.57. The molecule has 2 atom stereocenters. The van der Waals surface area contributed by atoms with Crippen LogP contribution in [0.2, 0.25) is 0 Å². The van der Waals surface area contributed by atoms with Crippen LogP contribution >= 0.6 is 23.3 Å². The van der Waals surface area contributed by atoms with Crippen molar-refractivity contribution in [2.24, 2.45) is 0 Å². The van der Waals surface area contributed by atoms with Crippen LogP contribution in [0, 0.1) is 11.6 Å². The Morgan fingerprint density at radius 3 is 2.81 bits per heavy atom. The van der Waals surface area contributed by atoms with Crippen molar-refractivity contribution in [3.63, 3.8) is 0 Å². The standard InChI is InChI=1S/C16H17F2N5OS2/c1-3-14-21-15(26-22-14)25-10(2)16(24,7-23-9-19-8-20-23)12-5-4-11(17)6-13(12)18/h4-6,8-10,24H,3,7H2,1-2H3. The molecule has 0 aliphatic carbocycles. The molecule has 1 N–H and O–H groups in total. The van der Waals surface area contributed by atoms with Gasteiger partial charge in [0.25, 0.3) is 0 Å². The van der Waals surface area contributed by atoms with Gasteiger partial charge in [-0.1, -0.05) is 24.8 Å². The number of rotatable bonds is 7. The summed E-state index contributed by atoms with van der Waals surface area (Å²) in [7, 11) is 0. The Labute approximate surface area is 157 Å². The van der Waals surface area contributed by atoms with Crippen LogP contribution in [0.15, 0.2) is 35.2 Å². The molecule has 26 heavy (non-hydrogen) atoms. The van der Waals surface area contributed by atoms with Crippen molar-refractivity contribution in [3.05, 3.63) is 53.9 Å². The molecule has 0 fully saturated rings. The number of nitrogens with zero attached hydrogens (tertiary/aromatic N) is 5. The van der Waals surface area contributed by atoms with Gasteiger partial charge in [0.2, 0.25) is 0 Å². The number of hydrogen-bond donors (Lipinski definition) is 1. The number of aliphatic hydroxyl groups is 1. The highest BCUT2D eigenvalue weighted by Crippen LogP contribution is 2.39. The third-order valence-corrected chi connectivity index (χ3v) is 6.08. The van der Waals surface area contributed by atoms with Crippen molar-refractivity contribution in [1.29, 1.82) is 0 Å². The van der Waals surface area contributed by atoms with Gasteiger partial charge in [0, 0.05) is 23.3 Å². The molecule has 3 rings (SSSR count). The van der Waals surface area contributed by atoms with Gasteiger partial charge >= 0.3 is 0 Å². The molecule has 3 aromatic rings. The largest absolute Gasteiger partial charge is 0.382 e. The minimum Gasteiger partial charge on any atom is -0.382 e. The number of aromatic nitrogens is 5. The Balaban J connectivity index is 1.95. The number of halogens is 2. The summed E-state index contributed by atoms with van der Waals surface area (Å²) in [6, 6.07) is 3.15. The Morgan fingerprint density at radius 1 is 1.38 bits per heavy atom. The monoisotopic (exact) mass is 397 g/mol. The molecule has 10 heteroatoms. The molecule has 2 unspecified atom stereocenters. The molecule has 6 nitrogen and oxygen atoms in total. The minimum absolute atomic E-state index is 0.00497. The predicted molar refractivity (Wildman–Crippen MR) is 94.9 cm³/mol. The van der Waals surface area contributed by atoms with E-state index in [0.717, 1.165) is 18.0 Å². The van der Waals surface area contributed by atoms with Crippen LogP contribution < -0.4 is 0 Å². The maximum absolute atomic E-state index is 14.5. The molecule has 138 valence electrons. The van der Waals surface area contributed by atoms with E-state index < -0.39 is 22.5 Å². The second-order valence-electron chi connectivity index (χ2n) is 5.73. The molecule has 0 aliphatic rings. The SMILES string of the molecule is CCc1nsc(SC(C)C(O)(Cn2cncn2)c2ccc(F)cc2F)n1. The highest BCUT2D eigenvalue weighted by Gasteiger charge is 2.40. The second-order valence-corrected chi connectivity index (χ2v) is 8.07. The Morgan fingerprint density at radius 2 is 2.19 bits per heavy atom. The normalized spacial score (nSPS) is 15.0. The van der Waals surface area contributed by atoms with Gasteiger partial charge in [0.1, 0.15) is 35.7 Å². The van der Waals surface area contributed by atoms with Crippen LogP contribution in [-0.4, -0.2) is 34.5 Å². The van der Waals surface area contributed by atoms with E-state index in [9.17, 15) is 13.9 Å². The van der Waals surface area contributed by atoms with Gasteiger partial charge in [-0.15, -0.1) is 0 Å². The number of thioether (sulfide) groups is 1. The van der Waals surface area contributed by atoms with Gasteiger partial charge in [-0.05, 0) is 24.5 Å². The summed E-state index contributed by atoms with van der Waals surface area (Å²) in [5.41, 5.74) is -1.66. The lowest BCUT2D eigenvalue weighted by atomic mass is 9.90. The summed E-state index contributed by atoms with van der Waals surface area (Å²) in [6.07, 6.45) is 3.47. The molecule has 0 aliphatic heterocycles. The first kappa shape index (κ1) is 18.9. The highest BCUT2D eigenvalue weighted by molar-refractivity contribution is 8.01. The number of benzene rings is 1. The first-order valence-electron chi connectivity index (χ1n) is 7.92. The fraction of sp³-hybridized carbons (Fsp3) is 0.375. The van der Waals surface area contributed by atoms with E-state index >= 15 is 0 Å². The van der Waals surface area contributed by atoms with E-state index in [-0.39, 0.29) is 12.1 Å². The molecule has 0 amide bonds. The topological polar surface area (TPSA) is 76.7 Å². The van der Waals surface area contributed by atoms with Crippen LogP contribution in [0.25, 0.3) is 0 Å². The molecule has 0 saturated carbocycles. The van der Waals surface area contributed by atoms with Gasteiger partial charge in [-0.3, -0.25) is 0 Å². The van der Waals surface area contributed by atoms with E-state index in [1.807, 2.05) is 6.92 Å². The maximum atomic E-state index is 14.5. The van der Waals surface area contributed by atoms with Crippen LogP contribution in [0.3, 0.4) is 0 Å². The van der Waals surface area contributed by atoms with Crippen LogP contribution in [0.5, 0.6) is 0 Å². The third-order valence-electron chi connectivity index (χ3n) is 3.98. The molecule has 2 aromatic heterocycles. The summed E-state index contributed by atoms with van der Waals surface area (Å²) in [6.45, 7) is 3.68. The molecule has 0 spiro atoms. The molecule has 0 radical (unpaired) electrons. The number of aryl methyl sites for hydroxylation is 1. The highest BCUT2D eigenvalue weighted by atomic mass is 32.2. The fourth-order valence-electron chi connectivity index (χ4n) is 2.51. The number of hydrogen-bond acceptors (Lipinski definition) is 7. The van der Waals surface area contributed by atoms with Gasteiger partial charge in [-0.25, -0.2) is 23.4 Å². The van der Waals surface area contributed by atoms with E-state index in [0.29, 0.717) is 10.8 Å². The van der Waals surface area contributed by atoms with E-state index in [4.69, 9.17) is 0 Å². The zero-order valence-corrected chi connectivity index (χ0v) is 15.8. The second kappa shape index (κ2) is 7.77. The van der Waals surface area contributed by atoms with Crippen molar-refractivity contribution >= 4 is 23.3 Å². The van der Waals surface area contributed by atoms with Gasteiger partial charge in [-0.2, -0.15) is 9.47 Å². The van der Waals surface area contributed by atoms with Crippen molar-refractivity contribution in [2.45, 2.75) is 42.0 Å². The van der Waals surface area contributed by atoms with Crippen LogP contribution in [0.4, 0.5) is 8.78 Å². The van der Waals surface area contributed by atoms with Crippen molar-refractivity contribution < 1.29 is 13.9 Å². The lowest BCUT2D eigenvalue weighted by molar-refractivity contribution is 0.0133. The molecule has 0 saturated heterocycles. The Hall–Kier alpha value is -1.91. The Kier molecular flexibility index (Phi) is 5.64. The molecular weight excluding hydrogens is 380 g/mol. The smallest absolute Gasteiger partial charge is 0.170 e. The molecule has 1 aromatic carbocycles. The predicted octanol–water partition coefficient (Wildman–Crippen LogP) is 3.04. The quantitative estimate of drug-likeness (QED) is 0.618. The van der Waals surface area contributed by atoms with Crippen molar-refractivity contribution in [3.8, 4) is 0 Å². The Bertz CT molecular complexity index is 873. The summed E-state index contributed by atoms with van der Waals surface area (Å²) >= 11 is 2.52. The lowest BCUT2D eigenvalue weighted by Gasteiger charge is -2.33. The summed E-state index contributed by atoms with van der Waals surface area (Å²) in [5.74, 6) is -0.796. The average Bonchev–Trinajstić information content (AvgIpc) is 3.26. The first-order chi connectivity index (χ1) is 12.4. The summed E-state index contributed by atoms with van der Waals surface area (Å²) in [4.78, 5) is 8.23. The van der Waals surface area contributed by atoms with Crippen LogP contribution in [-0.2, 0) is 18.6 Å². The maximum Gasteiger partial charge on any atom is 0.170 e. The fourth-order valence-corrected chi connectivity index (χ4v) is 4.59. The average molecular weight is 397 g/mol. The van der Waals surface area contributed by atoms with Gasteiger partial charge < -0.3 is 5.11 Å². The third kappa shape index (κ3) is 3.92. The van der Waals surface area contributed by atoms with Gasteiger partial charge in [0.05, 0.1) is 6.54 Å². The van der Waals surface area contributed by atoms with E-state index in [2.05, 4.69) is 19.4 Å². The van der Waals surface area contributed by atoms with Crippen molar-refractivity contribution in [1.82, 2.24) is 24.1 Å². The molecular formula is C16H17F2N5OS2.